The molecule has 0 aromatic carbocycles. The van der Waals surface area contributed by atoms with Crippen LogP contribution in [0.2, 0.25) is 0 Å². The van der Waals surface area contributed by atoms with Gasteiger partial charge in [-0.15, -0.1) is 0 Å². The van der Waals surface area contributed by atoms with Gasteiger partial charge in [-0.3, -0.25) is 4.79 Å². The van der Waals surface area contributed by atoms with E-state index in [1.165, 1.54) is 12.8 Å². The number of rotatable bonds is 9. The molecule has 0 bridgehead atoms. The normalized spacial score (nSPS) is 19.8. The summed E-state index contributed by atoms with van der Waals surface area (Å²) < 4.78 is 10.7. The van der Waals surface area contributed by atoms with Gasteiger partial charge in [-0.25, -0.2) is 0 Å². The van der Waals surface area contributed by atoms with Gasteiger partial charge >= 0.3 is 5.97 Å². The van der Waals surface area contributed by atoms with Crippen LogP contribution < -0.4 is 0 Å². The standard InChI is InChI=1S/C17H28O3/c1-2-3-4-5-6-7-8-9-10-13-16(18)20-17-14-11-12-15-19-17/h2-5,17H,6-15H2,1H3. The maximum Gasteiger partial charge on any atom is 0.308 e. The Hall–Kier alpha value is -1.09. The number of carbonyl (C=O) groups is 1. The third kappa shape index (κ3) is 8.92. The lowest BCUT2D eigenvalue weighted by Gasteiger charge is -2.22. The van der Waals surface area contributed by atoms with Gasteiger partial charge in [0.15, 0.2) is 0 Å². The minimum atomic E-state index is -0.284. The lowest BCUT2D eigenvalue weighted by Crippen LogP contribution is -2.25. The minimum Gasteiger partial charge on any atom is -0.436 e. The van der Waals surface area contributed by atoms with Crippen LogP contribution in [0.1, 0.15) is 64.7 Å². The highest BCUT2D eigenvalue weighted by atomic mass is 16.7. The molecule has 20 heavy (non-hydrogen) atoms. The molecule has 0 spiro atoms. The second kappa shape index (κ2) is 11.7. The van der Waals surface area contributed by atoms with E-state index in [2.05, 4.69) is 12.2 Å². The van der Waals surface area contributed by atoms with Crippen LogP contribution in [-0.4, -0.2) is 18.9 Å². The monoisotopic (exact) mass is 280 g/mol. The quantitative estimate of drug-likeness (QED) is 0.353. The maximum atomic E-state index is 11.6. The summed E-state index contributed by atoms with van der Waals surface area (Å²) in [5, 5.41) is 0. The summed E-state index contributed by atoms with van der Waals surface area (Å²) in [6, 6.07) is 0. The zero-order chi connectivity index (χ0) is 14.5. The van der Waals surface area contributed by atoms with E-state index in [1.807, 2.05) is 19.1 Å². The molecule has 1 unspecified atom stereocenters. The summed E-state index contributed by atoms with van der Waals surface area (Å²) in [5.74, 6) is -0.107. The Kier molecular flexibility index (Phi) is 9.93. The predicted octanol–water partition coefficient (Wildman–Crippen LogP) is 4.53. The lowest BCUT2D eigenvalue weighted by molar-refractivity contribution is -0.186. The first-order chi connectivity index (χ1) is 9.83. The second-order valence-electron chi connectivity index (χ2n) is 5.19. The van der Waals surface area contributed by atoms with Crippen LogP contribution in [0.25, 0.3) is 0 Å². The summed E-state index contributed by atoms with van der Waals surface area (Å²) in [6.07, 6.45) is 17.1. The average molecular weight is 280 g/mol. The van der Waals surface area contributed by atoms with Crippen LogP contribution in [0.3, 0.4) is 0 Å². The molecule has 0 N–H and O–H groups in total. The molecule has 1 saturated heterocycles. The van der Waals surface area contributed by atoms with Crippen molar-refractivity contribution in [2.24, 2.45) is 0 Å². The number of ether oxygens (including phenoxy) is 2. The lowest BCUT2D eigenvalue weighted by atomic mass is 10.1. The largest absolute Gasteiger partial charge is 0.436 e. The summed E-state index contributed by atoms with van der Waals surface area (Å²) in [5.41, 5.74) is 0. The van der Waals surface area contributed by atoms with Crippen molar-refractivity contribution in [3.63, 3.8) is 0 Å². The molecular formula is C17H28O3. The highest BCUT2D eigenvalue weighted by Gasteiger charge is 2.17. The number of esters is 1. The van der Waals surface area contributed by atoms with Gasteiger partial charge in [-0.2, -0.15) is 0 Å². The van der Waals surface area contributed by atoms with Crippen molar-refractivity contribution in [2.45, 2.75) is 71.0 Å². The van der Waals surface area contributed by atoms with Crippen LogP contribution in [0.4, 0.5) is 0 Å². The Balaban J connectivity index is 1.91. The van der Waals surface area contributed by atoms with Crippen LogP contribution in [0.15, 0.2) is 24.3 Å². The summed E-state index contributed by atoms with van der Waals surface area (Å²) in [6.45, 7) is 2.74. The van der Waals surface area contributed by atoms with Crippen molar-refractivity contribution in [2.75, 3.05) is 6.61 Å². The van der Waals surface area contributed by atoms with Crippen LogP contribution in [-0.2, 0) is 14.3 Å². The van der Waals surface area contributed by atoms with Crippen molar-refractivity contribution in [1.29, 1.82) is 0 Å². The number of hydrogen-bond donors (Lipinski definition) is 0. The molecule has 3 nitrogen and oxygen atoms in total. The van der Waals surface area contributed by atoms with E-state index in [0.717, 1.165) is 45.1 Å². The molecule has 1 atom stereocenters. The fourth-order valence-electron chi connectivity index (χ4n) is 2.18. The van der Waals surface area contributed by atoms with E-state index in [1.54, 1.807) is 0 Å². The van der Waals surface area contributed by atoms with E-state index in [0.29, 0.717) is 6.42 Å². The van der Waals surface area contributed by atoms with Crippen LogP contribution in [0.5, 0.6) is 0 Å². The topological polar surface area (TPSA) is 35.5 Å². The van der Waals surface area contributed by atoms with E-state index < -0.39 is 0 Å². The predicted molar refractivity (Wildman–Crippen MR) is 81.3 cm³/mol. The fraction of sp³-hybridized carbons (Fsp3) is 0.706. The number of unbranched alkanes of at least 4 members (excludes halogenated alkanes) is 4. The minimum absolute atomic E-state index is 0.107. The Morgan fingerprint density at radius 1 is 1.20 bits per heavy atom. The second-order valence-corrected chi connectivity index (χ2v) is 5.19. The molecule has 114 valence electrons. The van der Waals surface area contributed by atoms with Gasteiger partial charge in [-0.05, 0) is 39.0 Å². The van der Waals surface area contributed by atoms with Crippen LogP contribution in [0, 0.1) is 0 Å². The Morgan fingerprint density at radius 3 is 2.80 bits per heavy atom. The van der Waals surface area contributed by atoms with E-state index in [9.17, 15) is 4.79 Å². The molecule has 0 amide bonds. The van der Waals surface area contributed by atoms with Gasteiger partial charge in [0.25, 0.3) is 0 Å². The summed E-state index contributed by atoms with van der Waals surface area (Å²) >= 11 is 0. The first-order valence-corrected chi connectivity index (χ1v) is 7.92. The summed E-state index contributed by atoms with van der Waals surface area (Å²) in [7, 11) is 0. The van der Waals surface area contributed by atoms with Crippen molar-refractivity contribution in [3.8, 4) is 0 Å². The van der Waals surface area contributed by atoms with Gasteiger partial charge < -0.3 is 9.47 Å². The number of carbonyl (C=O) groups excluding carboxylic acids is 1. The van der Waals surface area contributed by atoms with E-state index in [-0.39, 0.29) is 12.3 Å². The smallest absolute Gasteiger partial charge is 0.308 e. The van der Waals surface area contributed by atoms with Gasteiger partial charge in [0, 0.05) is 12.8 Å². The van der Waals surface area contributed by atoms with Crippen molar-refractivity contribution >= 4 is 5.97 Å². The van der Waals surface area contributed by atoms with Crippen molar-refractivity contribution in [3.05, 3.63) is 24.3 Å². The molecule has 0 radical (unpaired) electrons. The zero-order valence-corrected chi connectivity index (χ0v) is 12.7. The average Bonchev–Trinajstić information content (AvgIpc) is 2.46. The molecular weight excluding hydrogens is 252 g/mol. The Bertz CT molecular complexity index is 301. The summed E-state index contributed by atoms with van der Waals surface area (Å²) in [4.78, 5) is 11.6. The van der Waals surface area contributed by atoms with Crippen molar-refractivity contribution < 1.29 is 14.3 Å². The van der Waals surface area contributed by atoms with Gasteiger partial charge in [0.2, 0.25) is 6.29 Å². The Morgan fingerprint density at radius 2 is 2.05 bits per heavy atom. The van der Waals surface area contributed by atoms with Gasteiger partial charge in [-0.1, -0.05) is 37.1 Å². The van der Waals surface area contributed by atoms with Crippen molar-refractivity contribution in [1.82, 2.24) is 0 Å². The molecule has 1 fully saturated rings. The number of allylic oxidation sites excluding steroid dienone is 4. The molecule has 1 heterocycles. The van der Waals surface area contributed by atoms with E-state index >= 15 is 0 Å². The van der Waals surface area contributed by atoms with Crippen LogP contribution >= 0.6 is 0 Å². The highest BCUT2D eigenvalue weighted by Crippen LogP contribution is 2.15. The highest BCUT2D eigenvalue weighted by molar-refractivity contribution is 5.69. The maximum absolute atomic E-state index is 11.6. The molecule has 0 aromatic rings. The molecule has 3 heteroatoms. The molecule has 0 saturated carbocycles. The third-order valence-corrected chi connectivity index (χ3v) is 3.34. The Labute approximate surface area is 123 Å². The number of hydrogen-bond acceptors (Lipinski definition) is 3. The first kappa shape index (κ1) is 17.0. The molecule has 1 aliphatic rings. The fourth-order valence-corrected chi connectivity index (χ4v) is 2.18. The molecule has 0 aliphatic carbocycles. The molecule has 1 rings (SSSR count). The first-order valence-electron chi connectivity index (χ1n) is 7.92. The van der Waals surface area contributed by atoms with Gasteiger partial charge in [0.05, 0.1) is 6.61 Å². The third-order valence-electron chi connectivity index (χ3n) is 3.34. The zero-order valence-electron chi connectivity index (χ0n) is 12.7. The molecule has 0 aromatic heterocycles. The van der Waals surface area contributed by atoms with E-state index in [4.69, 9.17) is 9.47 Å². The van der Waals surface area contributed by atoms with Gasteiger partial charge in [0.1, 0.15) is 0 Å². The molecule has 1 aliphatic heterocycles. The SMILES string of the molecule is CC=CC=CCCCCCCC(=O)OC1CCCCO1.